The Labute approximate surface area is 160 Å². The van der Waals surface area contributed by atoms with Crippen molar-refractivity contribution in [1.82, 2.24) is 25.0 Å². The van der Waals surface area contributed by atoms with Gasteiger partial charge in [-0.15, -0.1) is 0 Å². The molecule has 7 nitrogen and oxygen atoms in total. The molecule has 7 heteroatoms. The molecule has 0 saturated carbocycles. The summed E-state index contributed by atoms with van der Waals surface area (Å²) >= 11 is 0. The quantitative estimate of drug-likeness (QED) is 0.875. The van der Waals surface area contributed by atoms with Gasteiger partial charge < -0.3 is 10.2 Å². The maximum absolute atomic E-state index is 12.6. The fourth-order valence-electron chi connectivity index (χ4n) is 3.60. The molecule has 0 radical (unpaired) electrons. The first-order valence-corrected chi connectivity index (χ1v) is 9.58. The number of hydrogen-bond donors (Lipinski definition) is 1. The number of amides is 2. The van der Waals surface area contributed by atoms with E-state index < -0.39 is 0 Å². The molecule has 0 aromatic carbocycles. The van der Waals surface area contributed by atoms with Crippen LogP contribution in [0.25, 0.3) is 11.0 Å². The highest BCUT2D eigenvalue weighted by Crippen LogP contribution is 2.32. The third-order valence-corrected chi connectivity index (χ3v) is 4.84. The Kier molecular flexibility index (Phi) is 5.48. The van der Waals surface area contributed by atoms with E-state index in [0.29, 0.717) is 26.1 Å². The van der Waals surface area contributed by atoms with Gasteiger partial charge >= 0.3 is 0 Å². The Morgan fingerprint density at radius 3 is 2.81 bits per heavy atom. The summed E-state index contributed by atoms with van der Waals surface area (Å²) in [4.78, 5) is 30.1. The average molecular weight is 371 g/mol. The lowest BCUT2D eigenvalue weighted by molar-refractivity contribution is -0.132. The Morgan fingerprint density at radius 2 is 2.11 bits per heavy atom. The second-order valence-electron chi connectivity index (χ2n) is 8.53. The molecule has 1 fully saturated rings. The van der Waals surface area contributed by atoms with Gasteiger partial charge in [-0.3, -0.25) is 9.59 Å². The van der Waals surface area contributed by atoms with Crippen LogP contribution < -0.4 is 5.32 Å². The van der Waals surface area contributed by atoms with E-state index in [1.807, 2.05) is 21.7 Å². The Bertz CT molecular complexity index is 836. The predicted octanol–water partition coefficient (Wildman–Crippen LogP) is 2.32. The first-order valence-electron chi connectivity index (χ1n) is 9.58. The van der Waals surface area contributed by atoms with E-state index >= 15 is 0 Å². The highest BCUT2D eigenvalue weighted by molar-refractivity contribution is 5.80. The van der Waals surface area contributed by atoms with Gasteiger partial charge in [0.25, 0.3) is 0 Å². The largest absolute Gasteiger partial charge is 0.354 e. The minimum atomic E-state index is -0.0524. The zero-order chi connectivity index (χ0) is 19.6. The molecule has 3 rings (SSSR count). The summed E-state index contributed by atoms with van der Waals surface area (Å²) in [5.74, 6) is 0.392. The first kappa shape index (κ1) is 19.3. The molecule has 2 aromatic heterocycles. The van der Waals surface area contributed by atoms with Crippen LogP contribution in [0.2, 0.25) is 0 Å². The lowest BCUT2D eigenvalue weighted by Crippen LogP contribution is -2.31. The number of aromatic nitrogens is 3. The summed E-state index contributed by atoms with van der Waals surface area (Å²) in [6.45, 7) is 10.4. The van der Waals surface area contributed by atoms with Gasteiger partial charge in [-0.2, -0.15) is 5.10 Å². The molecule has 2 amide bonds. The first-order chi connectivity index (χ1) is 12.7. The third kappa shape index (κ3) is 4.64. The number of carbonyl (C=O) groups excluding carboxylic acids is 2. The Hall–Kier alpha value is -2.44. The molecule has 1 N–H and O–H groups in total. The van der Waals surface area contributed by atoms with Gasteiger partial charge in [0.2, 0.25) is 11.8 Å². The van der Waals surface area contributed by atoms with E-state index in [4.69, 9.17) is 5.10 Å². The molecule has 3 heterocycles. The average Bonchev–Trinajstić information content (AvgIpc) is 3.18. The van der Waals surface area contributed by atoms with Crippen molar-refractivity contribution >= 4 is 22.8 Å². The maximum atomic E-state index is 12.6. The second-order valence-corrected chi connectivity index (χ2v) is 8.53. The summed E-state index contributed by atoms with van der Waals surface area (Å²) in [6, 6.07) is 3.96. The van der Waals surface area contributed by atoms with Gasteiger partial charge in [-0.25, -0.2) is 9.67 Å². The van der Waals surface area contributed by atoms with E-state index in [9.17, 15) is 9.59 Å². The van der Waals surface area contributed by atoms with Crippen LogP contribution in [0.1, 0.15) is 52.1 Å². The number of pyridine rings is 1. The van der Waals surface area contributed by atoms with Gasteiger partial charge in [0, 0.05) is 50.5 Å². The van der Waals surface area contributed by atoms with Crippen molar-refractivity contribution in [3.63, 3.8) is 0 Å². The SMILES string of the molecule is CC(=O)NCCn1nc([C@H]2CCN(C(=O)CC(C)(C)C)C2)c2cccnc21. The fourth-order valence-corrected chi connectivity index (χ4v) is 3.60. The summed E-state index contributed by atoms with van der Waals surface area (Å²) in [5, 5.41) is 8.64. The van der Waals surface area contributed by atoms with Crippen molar-refractivity contribution in [3.05, 3.63) is 24.0 Å². The minimum Gasteiger partial charge on any atom is -0.354 e. The zero-order valence-corrected chi connectivity index (χ0v) is 16.7. The Morgan fingerprint density at radius 1 is 1.33 bits per heavy atom. The smallest absolute Gasteiger partial charge is 0.223 e. The summed E-state index contributed by atoms with van der Waals surface area (Å²) < 4.78 is 1.86. The van der Waals surface area contributed by atoms with Crippen LogP contribution in [-0.2, 0) is 16.1 Å². The molecule has 2 aromatic rings. The number of carbonyl (C=O) groups is 2. The van der Waals surface area contributed by atoms with Crippen LogP contribution in [0.5, 0.6) is 0 Å². The number of nitrogens with zero attached hydrogens (tertiary/aromatic N) is 4. The van der Waals surface area contributed by atoms with Gasteiger partial charge in [0.15, 0.2) is 5.65 Å². The summed E-state index contributed by atoms with van der Waals surface area (Å²) in [6.07, 6.45) is 3.24. The molecule has 0 aliphatic carbocycles. The van der Waals surface area contributed by atoms with Crippen molar-refractivity contribution in [2.24, 2.45) is 5.41 Å². The van der Waals surface area contributed by atoms with Gasteiger partial charge in [-0.05, 0) is 24.0 Å². The fraction of sp³-hybridized carbons (Fsp3) is 0.600. The van der Waals surface area contributed by atoms with Crippen LogP contribution >= 0.6 is 0 Å². The molecule has 1 saturated heterocycles. The lowest BCUT2D eigenvalue weighted by Gasteiger charge is -2.22. The normalized spacial score (nSPS) is 17.5. The molecule has 1 aliphatic rings. The van der Waals surface area contributed by atoms with Gasteiger partial charge in [0.05, 0.1) is 12.2 Å². The third-order valence-electron chi connectivity index (χ3n) is 4.84. The minimum absolute atomic E-state index is 0.00290. The van der Waals surface area contributed by atoms with E-state index in [2.05, 4.69) is 31.1 Å². The molecular formula is C20H29N5O2. The molecule has 0 bridgehead atoms. The van der Waals surface area contributed by atoms with E-state index in [1.165, 1.54) is 6.92 Å². The standard InChI is InChI=1S/C20H29N5O2/c1-14(26)21-9-11-25-19-16(6-5-8-22-19)18(23-25)15-7-10-24(13-15)17(27)12-20(2,3)4/h5-6,8,15H,7,9-13H2,1-4H3,(H,21,26)/t15-/m0/s1. The number of nitrogens with one attached hydrogen (secondary N) is 1. The highest BCUT2D eigenvalue weighted by Gasteiger charge is 2.32. The van der Waals surface area contributed by atoms with Crippen molar-refractivity contribution in [3.8, 4) is 0 Å². The van der Waals surface area contributed by atoms with Crippen molar-refractivity contribution in [1.29, 1.82) is 0 Å². The monoisotopic (exact) mass is 371 g/mol. The number of hydrogen-bond acceptors (Lipinski definition) is 4. The topological polar surface area (TPSA) is 80.1 Å². The van der Waals surface area contributed by atoms with Crippen molar-refractivity contribution < 1.29 is 9.59 Å². The van der Waals surface area contributed by atoms with Gasteiger partial charge in [0.1, 0.15) is 0 Å². The van der Waals surface area contributed by atoms with Crippen LogP contribution in [0.4, 0.5) is 0 Å². The van der Waals surface area contributed by atoms with E-state index in [0.717, 1.165) is 29.7 Å². The zero-order valence-electron chi connectivity index (χ0n) is 16.7. The molecular weight excluding hydrogens is 342 g/mol. The number of rotatable bonds is 5. The molecule has 0 spiro atoms. The van der Waals surface area contributed by atoms with E-state index in [-0.39, 0.29) is 23.1 Å². The van der Waals surface area contributed by atoms with Crippen LogP contribution in [0, 0.1) is 5.41 Å². The lowest BCUT2D eigenvalue weighted by atomic mass is 9.91. The Balaban J connectivity index is 1.77. The molecule has 0 unspecified atom stereocenters. The molecule has 146 valence electrons. The summed E-state index contributed by atoms with van der Waals surface area (Å²) in [7, 11) is 0. The van der Waals surface area contributed by atoms with Crippen molar-refractivity contribution in [2.75, 3.05) is 19.6 Å². The van der Waals surface area contributed by atoms with Crippen molar-refractivity contribution in [2.45, 2.75) is 53.0 Å². The van der Waals surface area contributed by atoms with Crippen LogP contribution in [-0.4, -0.2) is 51.1 Å². The molecule has 1 aliphatic heterocycles. The predicted molar refractivity (Wildman–Crippen MR) is 104 cm³/mol. The second kappa shape index (κ2) is 7.66. The number of fused-ring (bicyclic) bond motifs is 1. The summed E-state index contributed by atoms with van der Waals surface area (Å²) in [5.41, 5.74) is 1.83. The molecule has 1 atom stereocenters. The highest BCUT2D eigenvalue weighted by atomic mass is 16.2. The molecule has 27 heavy (non-hydrogen) atoms. The number of likely N-dealkylation sites (tertiary alicyclic amines) is 1. The maximum Gasteiger partial charge on any atom is 0.223 e. The van der Waals surface area contributed by atoms with E-state index in [1.54, 1.807) is 6.20 Å². The van der Waals surface area contributed by atoms with Crippen LogP contribution in [0.3, 0.4) is 0 Å². The van der Waals surface area contributed by atoms with Gasteiger partial charge in [-0.1, -0.05) is 20.8 Å². The van der Waals surface area contributed by atoms with Crippen LogP contribution in [0.15, 0.2) is 18.3 Å².